The normalized spacial score (nSPS) is 18.2. The van der Waals surface area contributed by atoms with Crippen molar-refractivity contribution in [3.05, 3.63) is 71.3 Å². The van der Waals surface area contributed by atoms with Crippen molar-refractivity contribution in [1.82, 2.24) is 9.62 Å². The van der Waals surface area contributed by atoms with Crippen LogP contribution in [0.15, 0.2) is 54.6 Å². The molecular weight excluding hydrogens is 360 g/mol. The van der Waals surface area contributed by atoms with Crippen LogP contribution in [0.1, 0.15) is 29.5 Å². The van der Waals surface area contributed by atoms with E-state index < -0.39 is 10.0 Å². The topological polar surface area (TPSA) is 66.5 Å². The number of benzene rings is 2. The number of rotatable bonds is 6. The van der Waals surface area contributed by atoms with Gasteiger partial charge in [0, 0.05) is 19.6 Å². The molecule has 0 saturated carbocycles. The minimum Gasteiger partial charge on any atom is -0.352 e. The molecule has 1 atom stereocenters. The van der Waals surface area contributed by atoms with Gasteiger partial charge in [-0.25, -0.2) is 12.7 Å². The minimum atomic E-state index is -3.42. The summed E-state index contributed by atoms with van der Waals surface area (Å²) in [4.78, 5) is 12.5. The first kappa shape index (κ1) is 19.6. The van der Waals surface area contributed by atoms with Gasteiger partial charge in [-0.2, -0.15) is 0 Å². The molecule has 0 aromatic heterocycles. The summed E-state index contributed by atoms with van der Waals surface area (Å²) in [6.45, 7) is 3.23. The molecule has 6 heteroatoms. The number of piperidine rings is 1. The quantitative estimate of drug-likeness (QED) is 0.830. The van der Waals surface area contributed by atoms with Crippen LogP contribution in [-0.2, 0) is 27.1 Å². The zero-order chi connectivity index (χ0) is 19.3. The number of carbonyl (C=O) groups excluding carboxylic acids is 1. The highest BCUT2D eigenvalue weighted by molar-refractivity contribution is 7.88. The summed E-state index contributed by atoms with van der Waals surface area (Å²) in [7, 11) is -3.42. The molecule has 144 valence electrons. The Morgan fingerprint density at radius 3 is 2.48 bits per heavy atom. The lowest BCUT2D eigenvalue weighted by atomic mass is 9.98. The second-order valence-electron chi connectivity index (χ2n) is 7.14. The van der Waals surface area contributed by atoms with E-state index in [0.717, 1.165) is 17.5 Å². The van der Waals surface area contributed by atoms with Gasteiger partial charge in [0.2, 0.25) is 15.9 Å². The highest BCUT2D eigenvalue weighted by Crippen LogP contribution is 2.22. The fourth-order valence-electron chi connectivity index (χ4n) is 3.32. The van der Waals surface area contributed by atoms with Crippen molar-refractivity contribution in [2.75, 3.05) is 13.1 Å². The van der Waals surface area contributed by atoms with Gasteiger partial charge in [0.1, 0.15) is 0 Å². The SMILES string of the molecule is Cc1ccc(CNC(=O)[C@@H]2CCCN(S(=O)(=O)Cc3ccccc3)C2)cc1. The third-order valence-electron chi connectivity index (χ3n) is 4.93. The minimum absolute atomic E-state index is 0.0223. The van der Waals surface area contributed by atoms with Crippen molar-refractivity contribution in [3.8, 4) is 0 Å². The second-order valence-corrected chi connectivity index (χ2v) is 9.11. The Morgan fingerprint density at radius 1 is 1.07 bits per heavy atom. The number of aryl methyl sites for hydroxylation is 1. The summed E-state index contributed by atoms with van der Waals surface area (Å²) in [5.41, 5.74) is 2.98. The molecule has 0 aliphatic carbocycles. The molecule has 3 rings (SSSR count). The van der Waals surface area contributed by atoms with E-state index >= 15 is 0 Å². The summed E-state index contributed by atoms with van der Waals surface area (Å²) < 4.78 is 26.9. The standard InChI is InChI=1S/C21H26N2O3S/c1-17-9-11-18(12-10-17)14-22-21(24)20-8-5-13-23(15-20)27(25,26)16-19-6-3-2-4-7-19/h2-4,6-7,9-12,20H,5,8,13-16H2,1H3,(H,22,24)/t20-/m1/s1. The van der Waals surface area contributed by atoms with E-state index in [4.69, 9.17) is 0 Å². The van der Waals surface area contributed by atoms with Crippen LogP contribution in [0.25, 0.3) is 0 Å². The van der Waals surface area contributed by atoms with Crippen LogP contribution in [0.3, 0.4) is 0 Å². The maximum Gasteiger partial charge on any atom is 0.224 e. The maximum atomic E-state index is 12.7. The fourth-order valence-corrected chi connectivity index (χ4v) is 4.94. The molecule has 1 aliphatic rings. The fraction of sp³-hybridized carbons (Fsp3) is 0.381. The Morgan fingerprint density at radius 2 is 1.78 bits per heavy atom. The number of sulfonamides is 1. The molecule has 0 bridgehead atoms. The number of nitrogens with zero attached hydrogens (tertiary/aromatic N) is 1. The van der Waals surface area contributed by atoms with Crippen LogP contribution >= 0.6 is 0 Å². The van der Waals surface area contributed by atoms with Gasteiger partial charge >= 0.3 is 0 Å². The van der Waals surface area contributed by atoms with Gasteiger partial charge in [-0.05, 0) is 30.9 Å². The zero-order valence-corrected chi connectivity index (χ0v) is 16.4. The molecule has 27 heavy (non-hydrogen) atoms. The Bertz CT molecular complexity index is 864. The van der Waals surface area contributed by atoms with Gasteiger partial charge < -0.3 is 5.32 Å². The Balaban J connectivity index is 1.58. The molecule has 2 aromatic carbocycles. The predicted molar refractivity (Wildman–Crippen MR) is 106 cm³/mol. The van der Waals surface area contributed by atoms with Crippen molar-refractivity contribution in [2.24, 2.45) is 5.92 Å². The first-order valence-electron chi connectivity index (χ1n) is 9.29. The highest BCUT2D eigenvalue weighted by Gasteiger charge is 2.32. The smallest absolute Gasteiger partial charge is 0.224 e. The van der Waals surface area contributed by atoms with E-state index in [1.807, 2.05) is 61.5 Å². The monoisotopic (exact) mass is 386 g/mol. The molecule has 0 unspecified atom stereocenters. The van der Waals surface area contributed by atoms with Crippen molar-refractivity contribution >= 4 is 15.9 Å². The summed E-state index contributed by atoms with van der Waals surface area (Å²) in [5.74, 6) is -0.393. The van der Waals surface area contributed by atoms with Crippen LogP contribution in [0.4, 0.5) is 0 Å². The van der Waals surface area contributed by atoms with Crippen molar-refractivity contribution < 1.29 is 13.2 Å². The summed E-state index contributed by atoms with van der Waals surface area (Å²) in [6, 6.07) is 17.2. The van der Waals surface area contributed by atoms with Gasteiger partial charge in [-0.1, -0.05) is 60.2 Å². The van der Waals surface area contributed by atoms with Gasteiger partial charge in [0.25, 0.3) is 0 Å². The van der Waals surface area contributed by atoms with Gasteiger partial charge in [-0.15, -0.1) is 0 Å². The largest absolute Gasteiger partial charge is 0.352 e. The summed E-state index contributed by atoms with van der Waals surface area (Å²) >= 11 is 0. The van der Waals surface area contributed by atoms with Crippen LogP contribution < -0.4 is 5.32 Å². The van der Waals surface area contributed by atoms with Gasteiger partial charge in [0.05, 0.1) is 11.7 Å². The number of carbonyl (C=O) groups is 1. The molecular formula is C21H26N2O3S. The molecule has 0 radical (unpaired) electrons. The Labute approximate surface area is 161 Å². The van der Waals surface area contributed by atoms with E-state index in [0.29, 0.717) is 19.5 Å². The molecule has 1 aliphatic heterocycles. The molecule has 1 saturated heterocycles. The van der Waals surface area contributed by atoms with Crippen molar-refractivity contribution in [3.63, 3.8) is 0 Å². The van der Waals surface area contributed by atoms with Crippen LogP contribution in [0, 0.1) is 12.8 Å². The van der Waals surface area contributed by atoms with E-state index in [-0.39, 0.29) is 24.1 Å². The number of hydrogen-bond donors (Lipinski definition) is 1. The van der Waals surface area contributed by atoms with Crippen LogP contribution in [0.2, 0.25) is 0 Å². The lowest BCUT2D eigenvalue weighted by molar-refractivity contribution is -0.126. The molecule has 1 heterocycles. The number of nitrogens with one attached hydrogen (secondary N) is 1. The molecule has 1 N–H and O–H groups in total. The molecule has 1 amide bonds. The first-order chi connectivity index (χ1) is 12.9. The maximum absolute atomic E-state index is 12.7. The molecule has 2 aromatic rings. The van der Waals surface area contributed by atoms with E-state index in [9.17, 15) is 13.2 Å². The lowest BCUT2D eigenvalue weighted by Crippen LogP contribution is -2.45. The third-order valence-corrected chi connectivity index (χ3v) is 6.74. The lowest BCUT2D eigenvalue weighted by Gasteiger charge is -2.31. The van der Waals surface area contributed by atoms with E-state index in [1.165, 1.54) is 9.87 Å². The van der Waals surface area contributed by atoms with E-state index in [2.05, 4.69) is 5.32 Å². The van der Waals surface area contributed by atoms with E-state index in [1.54, 1.807) is 0 Å². The Hall–Kier alpha value is -2.18. The van der Waals surface area contributed by atoms with Crippen molar-refractivity contribution in [2.45, 2.75) is 32.1 Å². The van der Waals surface area contributed by atoms with Gasteiger partial charge in [0.15, 0.2) is 0 Å². The zero-order valence-electron chi connectivity index (χ0n) is 15.6. The molecule has 1 fully saturated rings. The van der Waals surface area contributed by atoms with Crippen molar-refractivity contribution in [1.29, 1.82) is 0 Å². The number of amides is 1. The number of hydrogen-bond acceptors (Lipinski definition) is 3. The third kappa shape index (κ3) is 5.40. The average molecular weight is 387 g/mol. The molecule has 0 spiro atoms. The van der Waals surface area contributed by atoms with Gasteiger partial charge in [-0.3, -0.25) is 4.79 Å². The van der Waals surface area contributed by atoms with Crippen LogP contribution in [0.5, 0.6) is 0 Å². The molecule has 5 nitrogen and oxygen atoms in total. The van der Waals surface area contributed by atoms with Crippen LogP contribution in [-0.4, -0.2) is 31.7 Å². The average Bonchev–Trinajstić information content (AvgIpc) is 2.68. The predicted octanol–water partition coefficient (Wildman–Crippen LogP) is 2.85. The summed E-state index contributed by atoms with van der Waals surface area (Å²) in [6.07, 6.45) is 1.42. The Kier molecular flexibility index (Phi) is 6.29. The first-order valence-corrected chi connectivity index (χ1v) is 10.9. The second kappa shape index (κ2) is 8.67. The summed E-state index contributed by atoms with van der Waals surface area (Å²) in [5, 5.41) is 2.95. The highest BCUT2D eigenvalue weighted by atomic mass is 32.2.